The Bertz CT molecular complexity index is 934. The number of likely N-dealkylation sites (N-methyl/N-ethyl adjacent to an activating group) is 1. The number of hydrogen-bond donors (Lipinski definition) is 2. The van der Waals surface area contributed by atoms with Crippen molar-refractivity contribution < 1.29 is 13.2 Å². The lowest BCUT2D eigenvalue weighted by atomic mass is 10.1. The number of carbonyl (C=O) groups is 1. The molecule has 28 heavy (non-hydrogen) atoms. The number of nitrogens with one attached hydrogen (secondary N) is 1. The Morgan fingerprint density at radius 1 is 1.18 bits per heavy atom. The van der Waals surface area contributed by atoms with E-state index < -0.39 is 10.0 Å². The summed E-state index contributed by atoms with van der Waals surface area (Å²) < 4.78 is 22.5. The molecule has 0 aromatic heterocycles. The largest absolute Gasteiger partial charge is 0.355 e. The average Bonchev–Trinajstić information content (AvgIpc) is 2.61. The van der Waals surface area contributed by atoms with Gasteiger partial charge in [-0.15, -0.1) is 0 Å². The van der Waals surface area contributed by atoms with E-state index in [4.69, 9.17) is 28.3 Å². The topological polar surface area (TPSA) is 92.5 Å². The van der Waals surface area contributed by atoms with Gasteiger partial charge in [-0.05, 0) is 55.8 Å². The number of primary sulfonamides is 1. The zero-order valence-electron chi connectivity index (χ0n) is 15.7. The van der Waals surface area contributed by atoms with Gasteiger partial charge >= 0.3 is 0 Å². The summed E-state index contributed by atoms with van der Waals surface area (Å²) >= 11 is 12.2. The van der Waals surface area contributed by atoms with Crippen molar-refractivity contribution in [2.24, 2.45) is 5.14 Å². The SMILES string of the molecule is CC(c1ccc(Cl)cc1Cl)N(C)CC(=O)NCCc1ccc(S(N)(=O)=O)cc1. The fraction of sp³-hybridized carbons (Fsp3) is 0.316. The minimum absolute atomic E-state index is 0.0544. The molecule has 0 spiro atoms. The first-order chi connectivity index (χ1) is 13.1. The van der Waals surface area contributed by atoms with Crippen molar-refractivity contribution in [1.29, 1.82) is 0 Å². The molecule has 0 aliphatic heterocycles. The number of nitrogens with two attached hydrogens (primary N) is 1. The number of amides is 1. The minimum atomic E-state index is -3.70. The van der Waals surface area contributed by atoms with Crippen molar-refractivity contribution in [3.8, 4) is 0 Å². The zero-order valence-corrected chi connectivity index (χ0v) is 18.0. The van der Waals surface area contributed by atoms with Gasteiger partial charge in [-0.1, -0.05) is 41.4 Å². The molecule has 0 saturated carbocycles. The van der Waals surface area contributed by atoms with Crippen molar-refractivity contribution >= 4 is 39.1 Å². The molecule has 0 aliphatic carbocycles. The zero-order chi connectivity index (χ0) is 20.9. The van der Waals surface area contributed by atoms with Gasteiger partial charge in [0, 0.05) is 22.6 Å². The first kappa shape index (κ1) is 22.6. The third-order valence-corrected chi connectivity index (χ3v) is 5.95. The monoisotopic (exact) mass is 443 g/mol. The fourth-order valence-electron chi connectivity index (χ4n) is 2.69. The molecule has 152 valence electrons. The predicted octanol–water partition coefficient (Wildman–Crippen LogP) is 2.99. The molecule has 1 unspecified atom stereocenters. The summed E-state index contributed by atoms with van der Waals surface area (Å²) in [6.07, 6.45) is 0.582. The second kappa shape index (κ2) is 9.71. The smallest absolute Gasteiger partial charge is 0.238 e. The van der Waals surface area contributed by atoms with E-state index in [1.807, 2.05) is 24.9 Å². The molecule has 0 fully saturated rings. The van der Waals surface area contributed by atoms with Crippen molar-refractivity contribution in [2.45, 2.75) is 24.3 Å². The Morgan fingerprint density at radius 2 is 1.82 bits per heavy atom. The lowest BCUT2D eigenvalue weighted by Crippen LogP contribution is -2.37. The second-order valence-electron chi connectivity index (χ2n) is 6.55. The number of benzene rings is 2. The van der Waals surface area contributed by atoms with Crippen molar-refractivity contribution in [3.63, 3.8) is 0 Å². The van der Waals surface area contributed by atoms with E-state index in [-0.39, 0.29) is 23.4 Å². The normalized spacial score (nSPS) is 12.8. The van der Waals surface area contributed by atoms with Crippen LogP contribution in [-0.2, 0) is 21.2 Å². The summed E-state index contributed by atoms with van der Waals surface area (Å²) in [6, 6.07) is 11.5. The van der Waals surface area contributed by atoms with E-state index in [2.05, 4.69) is 5.32 Å². The van der Waals surface area contributed by atoms with Crippen LogP contribution in [0.4, 0.5) is 0 Å². The fourth-order valence-corrected chi connectivity index (χ4v) is 3.77. The van der Waals surface area contributed by atoms with Gasteiger partial charge in [-0.25, -0.2) is 13.6 Å². The molecule has 0 saturated heterocycles. The first-order valence-electron chi connectivity index (χ1n) is 8.61. The van der Waals surface area contributed by atoms with Crippen LogP contribution in [0.3, 0.4) is 0 Å². The predicted molar refractivity (Wildman–Crippen MR) is 112 cm³/mol. The lowest BCUT2D eigenvalue weighted by Gasteiger charge is -2.25. The van der Waals surface area contributed by atoms with E-state index >= 15 is 0 Å². The number of sulfonamides is 1. The van der Waals surface area contributed by atoms with Crippen molar-refractivity contribution in [2.75, 3.05) is 20.1 Å². The molecular weight excluding hydrogens is 421 g/mol. The number of halogens is 2. The molecule has 6 nitrogen and oxygen atoms in total. The Hall–Kier alpha value is -1.64. The summed E-state index contributed by atoms with van der Waals surface area (Å²) in [6.45, 7) is 2.62. The molecule has 2 aromatic rings. The third kappa shape index (κ3) is 6.46. The van der Waals surface area contributed by atoms with Crippen LogP contribution in [0.25, 0.3) is 0 Å². The molecule has 0 heterocycles. The molecule has 3 N–H and O–H groups in total. The maximum Gasteiger partial charge on any atom is 0.238 e. The number of nitrogens with zero attached hydrogens (tertiary/aromatic N) is 1. The Kier molecular flexibility index (Phi) is 7.86. The summed E-state index contributed by atoms with van der Waals surface area (Å²) in [5, 5.41) is 9.06. The first-order valence-corrected chi connectivity index (χ1v) is 10.9. The molecule has 1 amide bonds. The van der Waals surface area contributed by atoms with E-state index in [0.29, 0.717) is 23.0 Å². The lowest BCUT2D eigenvalue weighted by molar-refractivity contribution is -0.122. The number of hydrogen-bond acceptors (Lipinski definition) is 4. The molecule has 2 aromatic carbocycles. The maximum absolute atomic E-state index is 12.2. The van der Waals surface area contributed by atoms with Crippen molar-refractivity contribution in [3.05, 3.63) is 63.6 Å². The van der Waals surface area contributed by atoms with Crippen LogP contribution in [0.1, 0.15) is 24.1 Å². The van der Waals surface area contributed by atoms with Gasteiger partial charge in [-0.3, -0.25) is 9.69 Å². The quantitative estimate of drug-likeness (QED) is 0.655. The van der Waals surface area contributed by atoms with Gasteiger partial charge in [0.2, 0.25) is 15.9 Å². The van der Waals surface area contributed by atoms with Crippen molar-refractivity contribution in [1.82, 2.24) is 10.2 Å². The molecule has 0 aliphatic rings. The van der Waals surface area contributed by atoms with Crippen LogP contribution in [0, 0.1) is 0 Å². The van der Waals surface area contributed by atoms with Crippen LogP contribution in [0.5, 0.6) is 0 Å². The van der Waals surface area contributed by atoms with Crippen LogP contribution in [0.2, 0.25) is 10.0 Å². The highest BCUT2D eigenvalue weighted by molar-refractivity contribution is 7.89. The summed E-state index contributed by atoms with van der Waals surface area (Å²) in [5.74, 6) is -0.111. The average molecular weight is 444 g/mol. The number of carbonyl (C=O) groups excluding carboxylic acids is 1. The van der Waals surface area contributed by atoms with Crippen LogP contribution in [-0.4, -0.2) is 39.4 Å². The third-order valence-electron chi connectivity index (χ3n) is 4.45. The highest BCUT2D eigenvalue weighted by atomic mass is 35.5. The Balaban J connectivity index is 1.83. The van der Waals surface area contributed by atoms with E-state index in [1.165, 1.54) is 12.1 Å². The van der Waals surface area contributed by atoms with Gasteiger partial charge in [-0.2, -0.15) is 0 Å². The van der Waals surface area contributed by atoms with E-state index in [9.17, 15) is 13.2 Å². The van der Waals surface area contributed by atoms with Gasteiger partial charge in [0.25, 0.3) is 0 Å². The maximum atomic E-state index is 12.2. The van der Waals surface area contributed by atoms with Gasteiger partial charge < -0.3 is 5.32 Å². The van der Waals surface area contributed by atoms with E-state index in [1.54, 1.807) is 24.3 Å². The van der Waals surface area contributed by atoms with Crippen LogP contribution >= 0.6 is 23.2 Å². The molecule has 0 radical (unpaired) electrons. The van der Waals surface area contributed by atoms with Gasteiger partial charge in [0.05, 0.1) is 11.4 Å². The Morgan fingerprint density at radius 3 is 2.39 bits per heavy atom. The van der Waals surface area contributed by atoms with Crippen LogP contribution < -0.4 is 10.5 Å². The van der Waals surface area contributed by atoms with Gasteiger partial charge in [0.15, 0.2) is 0 Å². The minimum Gasteiger partial charge on any atom is -0.355 e. The standard InChI is InChI=1S/C19H23Cl2N3O3S/c1-13(17-8-5-15(20)11-18(17)21)24(2)12-19(25)23-10-9-14-3-6-16(7-4-14)28(22,26)27/h3-8,11,13H,9-10,12H2,1-2H3,(H,23,25)(H2,22,26,27). The second-order valence-corrected chi connectivity index (χ2v) is 8.95. The van der Waals surface area contributed by atoms with Gasteiger partial charge in [0.1, 0.15) is 0 Å². The Labute approximate surface area is 175 Å². The highest BCUT2D eigenvalue weighted by Crippen LogP contribution is 2.28. The van der Waals surface area contributed by atoms with Crippen LogP contribution in [0.15, 0.2) is 47.4 Å². The molecule has 2 rings (SSSR count). The van der Waals surface area contributed by atoms with E-state index in [0.717, 1.165) is 11.1 Å². The molecule has 0 bridgehead atoms. The summed E-state index contributed by atoms with van der Waals surface area (Å²) in [5.41, 5.74) is 1.80. The molecule has 1 atom stereocenters. The molecular formula is C19H23Cl2N3O3S. The molecule has 9 heteroatoms. The number of rotatable bonds is 8. The summed E-state index contributed by atoms with van der Waals surface area (Å²) in [4.78, 5) is 14.2. The highest BCUT2D eigenvalue weighted by Gasteiger charge is 2.17. The summed E-state index contributed by atoms with van der Waals surface area (Å²) in [7, 11) is -1.85.